The fourth-order valence-electron chi connectivity index (χ4n) is 2.27. The van der Waals surface area contributed by atoms with Crippen LogP contribution in [0.1, 0.15) is 48.0 Å². The standard InChI is InChI=1S/C12H28N2/c1-7-12(13-8-2)11(6)14(9-3)10(4)5/h10-13H,7-9H2,1-6H3. The van der Waals surface area contributed by atoms with Crippen molar-refractivity contribution in [2.75, 3.05) is 13.1 Å². The first kappa shape index (κ1) is 13.9. The summed E-state index contributed by atoms with van der Waals surface area (Å²) in [6.07, 6.45) is 1.21. The van der Waals surface area contributed by atoms with E-state index in [2.05, 4.69) is 51.8 Å². The molecule has 0 radical (unpaired) electrons. The Hall–Kier alpha value is -0.0800. The van der Waals surface area contributed by atoms with Crippen LogP contribution in [0.3, 0.4) is 0 Å². The molecule has 0 aliphatic rings. The molecule has 0 aliphatic heterocycles. The molecular weight excluding hydrogens is 172 g/mol. The molecule has 0 saturated carbocycles. The van der Waals surface area contributed by atoms with Gasteiger partial charge in [-0.3, -0.25) is 4.90 Å². The molecule has 0 aromatic rings. The Morgan fingerprint density at radius 3 is 1.93 bits per heavy atom. The lowest BCUT2D eigenvalue weighted by Crippen LogP contribution is -2.50. The maximum absolute atomic E-state index is 3.56. The maximum atomic E-state index is 3.56. The minimum Gasteiger partial charge on any atom is -0.313 e. The minimum atomic E-state index is 0.627. The molecule has 0 aromatic heterocycles. The molecule has 1 N–H and O–H groups in total. The minimum absolute atomic E-state index is 0.627. The summed E-state index contributed by atoms with van der Waals surface area (Å²) < 4.78 is 0. The maximum Gasteiger partial charge on any atom is 0.0223 e. The van der Waals surface area contributed by atoms with Gasteiger partial charge in [0.05, 0.1) is 0 Å². The SMILES string of the molecule is CCNC(CC)C(C)N(CC)C(C)C. The van der Waals surface area contributed by atoms with Crippen molar-refractivity contribution in [2.45, 2.75) is 66.1 Å². The van der Waals surface area contributed by atoms with Crippen LogP contribution in [0.4, 0.5) is 0 Å². The second kappa shape index (κ2) is 7.24. The number of likely N-dealkylation sites (N-methyl/N-ethyl adjacent to an activating group) is 2. The molecule has 0 bridgehead atoms. The Bertz CT molecular complexity index is 134. The van der Waals surface area contributed by atoms with E-state index in [0.29, 0.717) is 18.1 Å². The van der Waals surface area contributed by atoms with Crippen LogP contribution in [-0.4, -0.2) is 36.1 Å². The molecule has 0 spiro atoms. The van der Waals surface area contributed by atoms with E-state index in [1.807, 2.05) is 0 Å². The van der Waals surface area contributed by atoms with Gasteiger partial charge in [-0.25, -0.2) is 0 Å². The van der Waals surface area contributed by atoms with Crippen molar-refractivity contribution in [1.82, 2.24) is 10.2 Å². The van der Waals surface area contributed by atoms with Gasteiger partial charge >= 0.3 is 0 Å². The molecule has 0 aliphatic carbocycles. The zero-order chi connectivity index (χ0) is 11.1. The average Bonchev–Trinajstić information content (AvgIpc) is 2.14. The fraction of sp³-hybridized carbons (Fsp3) is 1.00. The van der Waals surface area contributed by atoms with E-state index in [1.165, 1.54) is 6.42 Å². The van der Waals surface area contributed by atoms with Crippen molar-refractivity contribution in [2.24, 2.45) is 0 Å². The van der Waals surface area contributed by atoms with Crippen LogP contribution in [0, 0.1) is 0 Å². The van der Waals surface area contributed by atoms with Crippen LogP contribution in [0.2, 0.25) is 0 Å². The van der Waals surface area contributed by atoms with Crippen molar-refractivity contribution in [3.05, 3.63) is 0 Å². The lowest BCUT2D eigenvalue weighted by Gasteiger charge is -2.36. The first-order valence-corrected chi connectivity index (χ1v) is 6.07. The van der Waals surface area contributed by atoms with E-state index < -0.39 is 0 Å². The van der Waals surface area contributed by atoms with E-state index in [9.17, 15) is 0 Å². The summed E-state index contributed by atoms with van der Waals surface area (Å²) in [6.45, 7) is 15.8. The Labute approximate surface area is 90.1 Å². The number of nitrogens with one attached hydrogen (secondary N) is 1. The number of hydrogen-bond donors (Lipinski definition) is 1. The molecule has 0 aromatic carbocycles. The first-order chi connectivity index (χ1) is 6.58. The monoisotopic (exact) mass is 200 g/mol. The highest BCUT2D eigenvalue weighted by molar-refractivity contribution is 4.81. The molecule has 0 amide bonds. The summed E-state index contributed by atoms with van der Waals surface area (Å²) in [4.78, 5) is 2.55. The Morgan fingerprint density at radius 1 is 1.07 bits per heavy atom. The van der Waals surface area contributed by atoms with E-state index in [4.69, 9.17) is 0 Å². The lowest BCUT2D eigenvalue weighted by molar-refractivity contribution is 0.138. The van der Waals surface area contributed by atoms with E-state index in [0.717, 1.165) is 13.1 Å². The number of nitrogens with zero attached hydrogens (tertiary/aromatic N) is 1. The van der Waals surface area contributed by atoms with E-state index in [1.54, 1.807) is 0 Å². The zero-order valence-electron chi connectivity index (χ0n) is 10.8. The van der Waals surface area contributed by atoms with Gasteiger partial charge in [0.25, 0.3) is 0 Å². The van der Waals surface area contributed by atoms with Crippen LogP contribution in [0.25, 0.3) is 0 Å². The van der Waals surface area contributed by atoms with Gasteiger partial charge in [0, 0.05) is 18.1 Å². The van der Waals surface area contributed by atoms with Crippen LogP contribution < -0.4 is 5.32 Å². The van der Waals surface area contributed by atoms with Crippen molar-refractivity contribution < 1.29 is 0 Å². The molecule has 0 fully saturated rings. The van der Waals surface area contributed by atoms with Crippen molar-refractivity contribution in [3.8, 4) is 0 Å². The molecular formula is C12H28N2. The highest BCUT2D eigenvalue weighted by Gasteiger charge is 2.21. The molecule has 14 heavy (non-hydrogen) atoms. The van der Waals surface area contributed by atoms with Crippen LogP contribution in [0.5, 0.6) is 0 Å². The third-order valence-electron chi connectivity index (χ3n) is 3.04. The molecule has 0 saturated heterocycles. The summed E-state index contributed by atoms with van der Waals surface area (Å²) in [7, 11) is 0. The van der Waals surface area contributed by atoms with Crippen molar-refractivity contribution in [1.29, 1.82) is 0 Å². The van der Waals surface area contributed by atoms with Crippen LogP contribution in [0.15, 0.2) is 0 Å². The predicted octanol–water partition coefficient (Wildman–Crippen LogP) is 2.49. The Balaban J connectivity index is 4.28. The fourth-order valence-corrected chi connectivity index (χ4v) is 2.27. The van der Waals surface area contributed by atoms with Gasteiger partial charge in [0.2, 0.25) is 0 Å². The summed E-state index contributed by atoms with van der Waals surface area (Å²) in [5.74, 6) is 0. The number of hydrogen-bond acceptors (Lipinski definition) is 2. The third-order valence-corrected chi connectivity index (χ3v) is 3.04. The van der Waals surface area contributed by atoms with Crippen molar-refractivity contribution >= 4 is 0 Å². The Morgan fingerprint density at radius 2 is 1.64 bits per heavy atom. The zero-order valence-corrected chi connectivity index (χ0v) is 10.8. The quantitative estimate of drug-likeness (QED) is 0.679. The normalized spacial score (nSPS) is 16.3. The van der Waals surface area contributed by atoms with Gasteiger partial charge in [-0.15, -0.1) is 0 Å². The predicted molar refractivity (Wildman–Crippen MR) is 64.7 cm³/mol. The van der Waals surface area contributed by atoms with Crippen LogP contribution >= 0.6 is 0 Å². The van der Waals surface area contributed by atoms with Crippen molar-refractivity contribution in [3.63, 3.8) is 0 Å². The van der Waals surface area contributed by atoms with Gasteiger partial charge in [-0.2, -0.15) is 0 Å². The summed E-state index contributed by atoms with van der Waals surface area (Å²) >= 11 is 0. The van der Waals surface area contributed by atoms with E-state index >= 15 is 0 Å². The molecule has 2 heteroatoms. The van der Waals surface area contributed by atoms with Gasteiger partial charge in [0.15, 0.2) is 0 Å². The Kier molecular flexibility index (Phi) is 7.20. The average molecular weight is 200 g/mol. The summed E-state index contributed by atoms with van der Waals surface area (Å²) in [5.41, 5.74) is 0. The van der Waals surface area contributed by atoms with Gasteiger partial charge in [0.1, 0.15) is 0 Å². The molecule has 2 nitrogen and oxygen atoms in total. The summed E-state index contributed by atoms with van der Waals surface area (Å²) in [5, 5.41) is 3.56. The summed E-state index contributed by atoms with van der Waals surface area (Å²) in [6, 6.07) is 1.90. The highest BCUT2D eigenvalue weighted by atomic mass is 15.2. The molecule has 86 valence electrons. The highest BCUT2D eigenvalue weighted by Crippen LogP contribution is 2.10. The van der Waals surface area contributed by atoms with Gasteiger partial charge in [-0.05, 0) is 40.3 Å². The van der Waals surface area contributed by atoms with Gasteiger partial charge in [-0.1, -0.05) is 20.8 Å². The first-order valence-electron chi connectivity index (χ1n) is 6.07. The second-order valence-corrected chi connectivity index (χ2v) is 4.24. The van der Waals surface area contributed by atoms with E-state index in [-0.39, 0.29) is 0 Å². The molecule has 2 atom stereocenters. The molecule has 0 heterocycles. The van der Waals surface area contributed by atoms with Crippen LogP contribution in [-0.2, 0) is 0 Å². The third kappa shape index (κ3) is 3.97. The number of rotatable bonds is 7. The topological polar surface area (TPSA) is 15.3 Å². The second-order valence-electron chi connectivity index (χ2n) is 4.24. The molecule has 0 rings (SSSR count). The smallest absolute Gasteiger partial charge is 0.0223 e. The lowest BCUT2D eigenvalue weighted by atomic mass is 10.0. The largest absolute Gasteiger partial charge is 0.313 e. The van der Waals surface area contributed by atoms with Gasteiger partial charge < -0.3 is 5.32 Å². The molecule has 2 unspecified atom stereocenters.